The van der Waals surface area contributed by atoms with Crippen LogP contribution in [0.15, 0.2) is 18.2 Å². The van der Waals surface area contributed by atoms with E-state index in [1.54, 1.807) is 0 Å². The molecule has 0 aliphatic carbocycles. The number of hydrogen-bond donors (Lipinski definition) is 2. The van der Waals surface area contributed by atoms with Crippen molar-refractivity contribution in [1.29, 1.82) is 0 Å². The highest BCUT2D eigenvalue weighted by atomic mass is 19.1. The molecule has 0 spiro atoms. The summed E-state index contributed by atoms with van der Waals surface area (Å²) in [5.41, 5.74) is 2.04. The predicted octanol–water partition coefficient (Wildman–Crippen LogP) is 1.64. The van der Waals surface area contributed by atoms with Gasteiger partial charge in [0.15, 0.2) is 0 Å². The minimum atomic E-state index is -0.428. The quantitative estimate of drug-likeness (QED) is 0.641. The lowest BCUT2D eigenvalue weighted by Gasteiger charge is -2.05. The van der Waals surface area contributed by atoms with E-state index in [2.05, 4.69) is 0 Å². The van der Waals surface area contributed by atoms with Crippen LogP contribution in [0.3, 0.4) is 0 Å². The normalized spacial score (nSPS) is 9.36. The summed E-state index contributed by atoms with van der Waals surface area (Å²) in [6.45, 7) is 0. The van der Waals surface area contributed by atoms with Crippen LogP contribution >= 0.6 is 0 Å². The fourth-order valence-electron chi connectivity index (χ4n) is 0.768. The van der Waals surface area contributed by atoms with Crippen LogP contribution in [0, 0.1) is 5.82 Å². The molecule has 0 bridgehead atoms. The van der Waals surface area contributed by atoms with Crippen LogP contribution < -0.4 is 10.2 Å². The molecule has 0 radical (unpaired) electrons. The van der Waals surface area contributed by atoms with Gasteiger partial charge in [0.1, 0.15) is 17.3 Å². The number of methoxy groups -OCH3 is 1. The highest BCUT2D eigenvalue weighted by Crippen LogP contribution is 2.23. The van der Waals surface area contributed by atoms with Crippen molar-refractivity contribution in [3.63, 3.8) is 0 Å². The third-order valence-corrected chi connectivity index (χ3v) is 1.28. The van der Waals surface area contributed by atoms with Gasteiger partial charge in [-0.05, 0) is 12.1 Å². The molecule has 0 aliphatic rings. The van der Waals surface area contributed by atoms with Gasteiger partial charge in [-0.15, -0.1) is 0 Å². The second-order valence-electron chi connectivity index (χ2n) is 1.96. The summed E-state index contributed by atoms with van der Waals surface area (Å²) in [6, 6.07) is 3.81. The summed E-state index contributed by atoms with van der Waals surface area (Å²) in [4.78, 5) is 0. The van der Waals surface area contributed by atoms with Gasteiger partial charge in [0, 0.05) is 6.07 Å². The van der Waals surface area contributed by atoms with Crippen molar-refractivity contribution in [2.45, 2.75) is 0 Å². The molecule has 1 rings (SSSR count). The maximum Gasteiger partial charge on any atom is 0.144 e. The van der Waals surface area contributed by atoms with Gasteiger partial charge in [-0.2, -0.15) is 0 Å². The Morgan fingerprint density at radius 3 is 2.82 bits per heavy atom. The van der Waals surface area contributed by atoms with E-state index < -0.39 is 5.82 Å². The Hall–Kier alpha value is -1.29. The van der Waals surface area contributed by atoms with Crippen molar-refractivity contribution in [3.05, 3.63) is 24.0 Å². The van der Waals surface area contributed by atoms with Gasteiger partial charge in [-0.3, -0.25) is 10.7 Å². The van der Waals surface area contributed by atoms with Gasteiger partial charge in [0.25, 0.3) is 0 Å². The minimum Gasteiger partial charge on any atom is -0.495 e. The van der Waals surface area contributed by atoms with Crippen LogP contribution in [0.2, 0.25) is 0 Å². The monoisotopic (exact) mass is 157 g/mol. The lowest BCUT2D eigenvalue weighted by atomic mass is 10.3. The van der Waals surface area contributed by atoms with Crippen molar-refractivity contribution in [1.82, 2.24) is 0 Å². The molecule has 0 heterocycles. The number of ether oxygens (including phenoxy) is 1. The standard InChI is InChI=1S/C7H8FNO2/c1-11-7-3-2-5(8)4-6(7)9-10/h2-4,9-10H,1H3. The topological polar surface area (TPSA) is 41.5 Å². The van der Waals surface area contributed by atoms with Crippen LogP contribution in [0.1, 0.15) is 0 Å². The lowest BCUT2D eigenvalue weighted by molar-refractivity contribution is 0.372. The fraction of sp³-hybridized carbons (Fsp3) is 0.143. The van der Waals surface area contributed by atoms with Crippen LogP contribution in [0.4, 0.5) is 10.1 Å². The first kappa shape index (κ1) is 7.81. The van der Waals surface area contributed by atoms with Gasteiger partial charge in [-0.1, -0.05) is 0 Å². The molecule has 1 aromatic carbocycles. The SMILES string of the molecule is COc1ccc(F)cc1NO. The van der Waals surface area contributed by atoms with Crippen LogP contribution in [0.25, 0.3) is 0 Å². The summed E-state index contributed by atoms with van der Waals surface area (Å²) in [7, 11) is 1.44. The zero-order valence-corrected chi connectivity index (χ0v) is 5.97. The van der Waals surface area contributed by atoms with Crippen molar-refractivity contribution in [2.24, 2.45) is 0 Å². The Kier molecular flexibility index (Phi) is 2.28. The second-order valence-corrected chi connectivity index (χ2v) is 1.96. The van der Waals surface area contributed by atoms with E-state index >= 15 is 0 Å². The molecule has 1 aromatic rings. The third kappa shape index (κ3) is 1.59. The van der Waals surface area contributed by atoms with E-state index in [0.29, 0.717) is 5.75 Å². The van der Waals surface area contributed by atoms with Gasteiger partial charge in [0.2, 0.25) is 0 Å². The summed E-state index contributed by atoms with van der Waals surface area (Å²) >= 11 is 0. The number of hydrogen-bond acceptors (Lipinski definition) is 3. The molecule has 60 valence electrons. The molecule has 4 heteroatoms. The molecule has 11 heavy (non-hydrogen) atoms. The highest BCUT2D eigenvalue weighted by molar-refractivity contribution is 5.54. The van der Waals surface area contributed by atoms with Crippen molar-refractivity contribution >= 4 is 5.69 Å². The average molecular weight is 157 g/mol. The average Bonchev–Trinajstić information content (AvgIpc) is 2.04. The molecule has 0 aliphatic heterocycles. The number of rotatable bonds is 2. The Bertz CT molecular complexity index is 252. The molecular weight excluding hydrogens is 149 g/mol. The minimum absolute atomic E-state index is 0.215. The van der Waals surface area contributed by atoms with E-state index in [9.17, 15) is 4.39 Å². The van der Waals surface area contributed by atoms with Crippen LogP contribution in [0.5, 0.6) is 5.75 Å². The lowest BCUT2D eigenvalue weighted by Crippen LogP contribution is -1.94. The molecular formula is C7H8FNO2. The van der Waals surface area contributed by atoms with Gasteiger partial charge >= 0.3 is 0 Å². The van der Waals surface area contributed by atoms with Gasteiger partial charge < -0.3 is 4.74 Å². The van der Waals surface area contributed by atoms with E-state index in [0.717, 1.165) is 6.07 Å². The first-order valence-corrected chi connectivity index (χ1v) is 3.01. The Morgan fingerprint density at radius 1 is 1.55 bits per heavy atom. The van der Waals surface area contributed by atoms with Crippen molar-refractivity contribution in [2.75, 3.05) is 12.6 Å². The maximum atomic E-state index is 12.5. The van der Waals surface area contributed by atoms with E-state index in [-0.39, 0.29) is 5.69 Å². The number of nitrogens with one attached hydrogen (secondary N) is 1. The Balaban J connectivity index is 3.06. The predicted molar refractivity (Wildman–Crippen MR) is 38.4 cm³/mol. The van der Waals surface area contributed by atoms with E-state index in [4.69, 9.17) is 9.94 Å². The fourth-order valence-corrected chi connectivity index (χ4v) is 0.768. The summed E-state index contributed by atoms with van der Waals surface area (Å²) in [5, 5.41) is 8.48. The summed E-state index contributed by atoms with van der Waals surface area (Å²) < 4.78 is 17.3. The van der Waals surface area contributed by atoms with E-state index in [1.807, 2.05) is 5.48 Å². The van der Waals surface area contributed by atoms with Gasteiger partial charge in [-0.25, -0.2) is 4.39 Å². The molecule has 2 N–H and O–H groups in total. The zero-order chi connectivity index (χ0) is 8.27. The second kappa shape index (κ2) is 3.21. The van der Waals surface area contributed by atoms with Crippen molar-refractivity contribution in [3.8, 4) is 5.75 Å². The molecule has 0 aromatic heterocycles. The number of halogens is 1. The molecule has 0 saturated heterocycles. The molecule has 0 amide bonds. The van der Waals surface area contributed by atoms with E-state index in [1.165, 1.54) is 19.2 Å². The largest absolute Gasteiger partial charge is 0.495 e. The summed E-state index contributed by atoms with van der Waals surface area (Å²) in [6.07, 6.45) is 0. The number of benzene rings is 1. The highest BCUT2D eigenvalue weighted by Gasteiger charge is 2.01. The molecule has 0 saturated carbocycles. The van der Waals surface area contributed by atoms with Crippen LogP contribution in [-0.2, 0) is 0 Å². The molecule has 0 unspecified atom stereocenters. The van der Waals surface area contributed by atoms with Crippen LogP contribution in [-0.4, -0.2) is 12.3 Å². The first-order chi connectivity index (χ1) is 5.27. The Labute approximate surface area is 63.4 Å². The van der Waals surface area contributed by atoms with Crippen molar-refractivity contribution < 1.29 is 14.3 Å². The summed E-state index contributed by atoms with van der Waals surface area (Å²) in [5.74, 6) is -0.0312. The van der Waals surface area contributed by atoms with Gasteiger partial charge in [0.05, 0.1) is 7.11 Å². The zero-order valence-electron chi connectivity index (χ0n) is 5.97. The number of anilines is 1. The Morgan fingerprint density at radius 2 is 2.27 bits per heavy atom. The first-order valence-electron chi connectivity index (χ1n) is 3.01. The smallest absolute Gasteiger partial charge is 0.144 e. The third-order valence-electron chi connectivity index (χ3n) is 1.28. The molecule has 3 nitrogen and oxygen atoms in total. The maximum absolute atomic E-state index is 12.5. The molecule has 0 fully saturated rings. The molecule has 0 atom stereocenters.